The minimum atomic E-state index is -0.154. The van der Waals surface area contributed by atoms with Gasteiger partial charge in [0.15, 0.2) is 0 Å². The molecule has 0 aliphatic carbocycles. The summed E-state index contributed by atoms with van der Waals surface area (Å²) in [6.07, 6.45) is 1.81. The van der Waals surface area contributed by atoms with Crippen LogP contribution in [0.2, 0.25) is 0 Å². The second kappa shape index (κ2) is 7.09. The first kappa shape index (κ1) is 14.6. The molecule has 0 radical (unpaired) electrons. The van der Waals surface area contributed by atoms with Crippen molar-refractivity contribution >= 4 is 5.91 Å². The molecule has 1 heterocycles. The van der Waals surface area contributed by atoms with Gasteiger partial charge in [-0.05, 0) is 25.0 Å². The Morgan fingerprint density at radius 2 is 2.20 bits per heavy atom. The Bertz CT molecular complexity index is 504. The minimum absolute atomic E-state index is 0.0197. The Hall–Kier alpha value is -1.83. The molecule has 0 spiro atoms. The molecule has 1 aliphatic heterocycles. The zero-order chi connectivity index (χ0) is 14.4. The van der Waals surface area contributed by atoms with Gasteiger partial charge >= 0.3 is 0 Å². The van der Waals surface area contributed by atoms with Crippen LogP contribution < -0.4 is 5.73 Å². The van der Waals surface area contributed by atoms with Gasteiger partial charge in [-0.2, -0.15) is 0 Å². The van der Waals surface area contributed by atoms with Crippen LogP contribution in [0.3, 0.4) is 0 Å². The van der Waals surface area contributed by atoms with Crippen LogP contribution in [-0.2, 0) is 9.53 Å². The summed E-state index contributed by atoms with van der Waals surface area (Å²) in [7, 11) is 1.70. The Morgan fingerprint density at radius 1 is 1.45 bits per heavy atom. The van der Waals surface area contributed by atoms with Gasteiger partial charge in [0.05, 0.1) is 6.10 Å². The zero-order valence-electron chi connectivity index (χ0n) is 11.7. The van der Waals surface area contributed by atoms with Crippen molar-refractivity contribution in [1.29, 1.82) is 0 Å². The molecule has 4 heteroatoms. The minimum Gasteiger partial charge on any atom is -0.381 e. The van der Waals surface area contributed by atoms with Crippen LogP contribution >= 0.6 is 0 Å². The molecular formula is C16H20N2O2. The lowest BCUT2D eigenvalue weighted by Gasteiger charge is -2.37. The first-order valence-electron chi connectivity index (χ1n) is 6.85. The number of hydrogen-bond donors (Lipinski definition) is 1. The predicted molar refractivity (Wildman–Crippen MR) is 77.9 cm³/mol. The van der Waals surface area contributed by atoms with Crippen molar-refractivity contribution in [3.8, 4) is 11.8 Å². The van der Waals surface area contributed by atoms with E-state index >= 15 is 0 Å². The SMILES string of the molecule is COC1CCN(C(=O)C#Cc2ccccc2)C(CN)C1. The third-order valence-corrected chi connectivity index (χ3v) is 3.62. The molecule has 0 bridgehead atoms. The van der Waals surface area contributed by atoms with E-state index in [4.69, 9.17) is 10.5 Å². The van der Waals surface area contributed by atoms with Gasteiger partial charge in [-0.1, -0.05) is 24.1 Å². The number of methoxy groups -OCH3 is 1. The maximum absolute atomic E-state index is 12.2. The van der Waals surface area contributed by atoms with Gasteiger partial charge in [0.2, 0.25) is 0 Å². The van der Waals surface area contributed by atoms with E-state index in [2.05, 4.69) is 11.8 Å². The van der Waals surface area contributed by atoms with E-state index in [1.54, 1.807) is 12.0 Å². The quantitative estimate of drug-likeness (QED) is 0.817. The summed E-state index contributed by atoms with van der Waals surface area (Å²) in [6, 6.07) is 9.52. The number of carbonyl (C=O) groups excluding carboxylic acids is 1. The van der Waals surface area contributed by atoms with Crippen molar-refractivity contribution in [2.45, 2.75) is 25.0 Å². The summed E-state index contributed by atoms with van der Waals surface area (Å²) in [5.41, 5.74) is 6.60. The van der Waals surface area contributed by atoms with Gasteiger partial charge in [0.25, 0.3) is 5.91 Å². The molecule has 1 aromatic carbocycles. The first-order valence-corrected chi connectivity index (χ1v) is 6.85. The maximum atomic E-state index is 12.2. The number of rotatable bonds is 2. The van der Waals surface area contributed by atoms with E-state index in [9.17, 15) is 4.79 Å². The molecule has 2 N–H and O–H groups in total. The molecule has 4 nitrogen and oxygen atoms in total. The normalized spacial score (nSPS) is 22.0. The fourth-order valence-electron chi connectivity index (χ4n) is 2.44. The smallest absolute Gasteiger partial charge is 0.299 e. The molecule has 1 saturated heterocycles. The highest BCUT2D eigenvalue weighted by Crippen LogP contribution is 2.19. The molecule has 20 heavy (non-hydrogen) atoms. The lowest BCUT2D eigenvalue weighted by Crippen LogP contribution is -2.50. The summed E-state index contributed by atoms with van der Waals surface area (Å²) in [6.45, 7) is 1.10. The summed E-state index contributed by atoms with van der Waals surface area (Å²) in [5, 5.41) is 0. The molecule has 2 atom stereocenters. The Labute approximate surface area is 119 Å². The van der Waals surface area contributed by atoms with Crippen molar-refractivity contribution in [3.05, 3.63) is 35.9 Å². The highest BCUT2D eigenvalue weighted by atomic mass is 16.5. The van der Waals surface area contributed by atoms with Crippen LogP contribution in [-0.4, -0.2) is 43.2 Å². The molecule has 0 saturated carbocycles. The van der Waals surface area contributed by atoms with Gasteiger partial charge in [0.1, 0.15) is 0 Å². The van der Waals surface area contributed by atoms with E-state index in [1.807, 2.05) is 30.3 Å². The Morgan fingerprint density at radius 3 is 2.85 bits per heavy atom. The van der Waals surface area contributed by atoms with Crippen LogP contribution in [0.4, 0.5) is 0 Å². The van der Waals surface area contributed by atoms with Crippen LogP contribution in [0.5, 0.6) is 0 Å². The van der Waals surface area contributed by atoms with E-state index in [0.717, 1.165) is 18.4 Å². The van der Waals surface area contributed by atoms with Crippen LogP contribution in [0.25, 0.3) is 0 Å². The Balaban J connectivity index is 2.04. The zero-order valence-corrected chi connectivity index (χ0v) is 11.7. The van der Waals surface area contributed by atoms with Crippen LogP contribution in [0.1, 0.15) is 18.4 Å². The van der Waals surface area contributed by atoms with E-state index in [-0.39, 0.29) is 18.1 Å². The number of amides is 1. The van der Waals surface area contributed by atoms with Gasteiger partial charge in [0, 0.05) is 37.7 Å². The fourth-order valence-corrected chi connectivity index (χ4v) is 2.44. The van der Waals surface area contributed by atoms with E-state index < -0.39 is 0 Å². The first-order chi connectivity index (χ1) is 9.74. The summed E-state index contributed by atoms with van der Waals surface area (Å²) < 4.78 is 5.35. The monoisotopic (exact) mass is 272 g/mol. The Kier molecular flexibility index (Phi) is 5.16. The lowest BCUT2D eigenvalue weighted by atomic mass is 9.99. The number of benzene rings is 1. The topological polar surface area (TPSA) is 55.6 Å². The number of nitrogens with zero attached hydrogens (tertiary/aromatic N) is 1. The van der Waals surface area contributed by atoms with Crippen molar-refractivity contribution in [2.24, 2.45) is 5.73 Å². The molecule has 2 rings (SSSR count). The average molecular weight is 272 g/mol. The predicted octanol–water partition coefficient (Wildman–Crippen LogP) is 1.00. The number of carbonyl (C=O) groups is 1. The molecule has 1 aromatic rings. The molecule has 2 unspecified atom stereocenters. The van der Waals surface area contributed by atoms with Crippen LogP contribution in [0.15, 0.2) is 30.3 Å². The third-order valence-electron chi connectivity index (χ3n) is 3.62. The number of likely N-dealkylation sites (tertiary alicyclic amines) is 1. The van der Waals surface area contributed by atoms with Crippen molar-refractivity contribution < 1.29 is 9.53 Å². The van der Waals surface area contributed by atoms with Gasteiger partial charge in [-0.25, -0.2) is 0 Å². The average Bonchev–Trinajstić information content (AvgIpc) is 2.52. The number of nitrogens with two attached hydrogens (primary N) is 1. The maximum Gasteiger partial charge on any atom is 0.299 e. The summed E-state index contributed by atoms with van der Waals surface area (Å²) in [5.74, 6) is 5.45. The molecule has 1 amide bonds. The van der Waals surface area contributed by atoms with Gasteiger partial charge in [-0.3, -0.25) is 4.79 Å². The lowest BCUT2D eigenvalue weighted by molar-refractivity contribution is -0.130. The van der Waals surface area contributed by atoms with Crippen molar-refractivity contribution in [1.82, 2.24) is 4.90 Å². The molecule has 1 aliphatic rings. The number of ether oxygens (including phenoxy) is 1. The number of piperidine rings is 1. The van der Waals surface area contributed by atoms with Gasteiger partial charge in [-0.15, -0.1) is 0 Å². The number of hydrogen-bond acceptors (Lipinski definition) is 3. The molecule has 1 fully saturated rings. The molecule has 106 valence electrons. The highest BCUT2D eigenvalue weighted by molar-refractivity contribution is 5.94. The summed E-state index contributed by atoms with van der Waals surface area (Å²) in [4.78, 5) is 14.0. The largest absolute Gasteiger partial charge is 0.381 e. The van der Waals surface area contributed by atoms with E-state index in [0.29, 0.717) is 13.1 Å². The van der Waals surface area contributed by atoms with Gasteiger partial charge < -0.3 is 15.4 Å². The second-order valence-electron chi connectivity index (χ2n) is 4.89. The highest BCUT2D eigenvalue weighted by Gasteiger charge is 2.29. The standard InChI is InChI=1S/C16H20N2O2/c1-20-15-9-10-18(14(11-15)12-17)16(19)8-7-13-5-3-2-4-6-13/h2-6,14-15H,9-12,17H2,1H3. The van der Waals surface area contributed by atoms with Crippen LogP contribution in [0, 0.1) is 11.8 Å². The third kappa shape index (κ3) is 3.60. The fraction of sp³-hybridized carbons (Fsp3) is 0.438. The van der Waals surface area contributed by atoms with Crippen molar-refractivity contribution in [2.75, 3.05) is 20.2 Å². The summed E-state index contributed by atoms with van der Waals surface area (Å²) >= 11 is 0. The van der Waals surface area contributed by atoms with Crippen molar-refractivity contribution in [3.63, 3.8) is 0 Å². The molecule has 0 aromatic heterocycles. The second-order valence-corrected chi connectivity index (χ2v) is 4.89. The van der Waals surface area contributed by atoms with E-state index in [1.165, 1.54) is 0 Å². The molecular weight excluding hydrogens is 252 g/mol.